The van der Waals surface area contributed by atoms with E-state index in [1.165, 1.54) is 37.5 Å². The monoisotopic (exact) mass is 406 g/mol. The molecule has 150 valence electrons. The van der Waals surface area contributed by atoms with Crippen LogP contribution in [-0.2, 0) is 9.59 Å². The van der Waals surface area contributed by atoms with Gasteiger partial charge in [-0.3, -0.25) is 14.9 Å². The number of nitrogens with one attached hydrogen (secondary N) is 1. The highest BCUT2D eigenvalue weighted by Crippen LogP contribution is 2.26. The van der Waals surface area contributed by atoms with Gasteiger partial charge in [-0.2, -0.15) is 0 Å². The van der Waals surface area contributed by atoms with Crippen LogP contribution in [0.4, 0.5) is 14.9 Å². The van der Waals surface area contributed by atoms with Crippen LogP contribution < -0.4 is 15.0 Å². The number of carbonyl (C=O) groups excluding carboxylic acids is 3. The third kappa shape index (κ3) is 3.58. The molecule has 1 aromatic heterocycles. The standard InChI is InChI=1S/C22H15FN2O5/c1-29-16-8-6-15(7-9-16)25-21(27)18(20(26)24-22(25)28)12-17-10-11-19(30-17)13-2-4-14(23)5-3-13/h2-12H,1H3,(H,24,26,28)/b18-12+. The van der Waals surface area contributed by atoms with Gasteiger partial charge in [-0.05, 0) is 66.7 Å². The van der Waals surface area contributed by atoms with Crippen LogP contribution in [0.5, 0.6) is 5.75 Å². The molecule has 4 rings (SSSR count). The number of anilines is 1. The zero-order valence-electron chi connectivity index (χ0n) is 15.7. The lowest BCUT2D eigenvalue weighted by Crippen LogP contribution is -2.54. The van der Waals surface area contributed by atoms with Gasteiger partial charge in [-0.1, -0.05) is 0 Å². The zero-order valence-corrected chi connectivity index (χ0v) is 15.7. The van der Waals surface area contributed by atoms with Crippen molar-refractivity contribution in [3.63, 3.8) is 0 Å². The minimum atomic E-state index is -0.848. The number of nitrogens with zero attached hydrogens (tertiary/aromatic N) is 1. The average Bonchev–Trinajstić information content (AvgIpc) is 3.21. The van der Waals surface area contributed by atoms with E-state index in [4.69, 9.17) is 9.15 Å². The van der Waals surface area contributed by atoms with E-state index in [9.17, 15) is 18.8 Å². The topological polar surface area (TPSA) is 88.8 Å². The van der Waals surface area contributed by atoms with Crippen LogP contribution in [0.25, 0.3) is 17.4 Å². The minimum Gasteiger partial charge on any atom is -0.497 e. The number of amides is 4. The van der Waals surface area contributed by atoms with Crippen molar-refractivity contribution in [1.82, 2.24) is 5.32 Å². The van der Waals surface area contributed by atoms with Gasteiger partial charge in [0.15, 0.2) is 0 Å². The number of methoxy groups -OCH3 is 1. The molecule has 4 amide bonds. The molecule has 30 heavy (non-hydrogen) atoms. The zero-order chi connectivity index (χ0) is 21.3. The number of hydrogen-bond donors (Lipinski definition) is 1. The second-order valence-corrected chi connectivity index (χ2v) is 6.36. The first kappa shape index (κ1) is 19.1. The van der Waals surface area contributed by atoms with Crippen LogP contribution in [0.2, 0.25) is 0 Å². The molecular formula is C22H15FN2O5. The fourth-order valence-corrected chi connectivity index (χ4v) is 2.97. The third-order valence-electron chi connectivity index (χ3n) is 4.47. The molecule has 1 aliphatic rings. The first-order chi connectivity index (χ1) is 14.5. The van der Waals surface area contributed by atoms with Gasteiger partial charge in [0.1, 0.15) is 28.7 Å². The number of imide groups is 2. The Bertz CT molecular complexity index is 1160. The van der Waals surface area contributed by atoms with Gasteiger partial charge < -0.3 is 9.15 Å². The maximum atomic E-state index is 13.1. The number of benzene rings is 2. The van der Waals surface area contributed by atoms with Crippen LogP contribution in [0.1, 0.15) is 5.76 Å². The lowest BCUT2D eigenvalue weighted by Gasteiger charge is -2.26. The molecule has 1 aliphatic heterocycles. The molecule has 3 aromatic rings. The fraction of sp³-hybridized carbons (Fsp3) is 0.0455. The van der Waals surface area contributed by atoms with Gasteiger partial charge in [-0.25, -0.2) is 14.1 Å². The number of furan rings is 1. The summed E-state index contributed by atoms with van der Waals surface area (Å²) in [6.45, 7) is 0. The van der Waals surface area contributed by atoms with Crippen molar-refractivity contribution in [3.05, 3.63) is 77.8 Å². The van der Waals surface area contributed by atoms with Gasteiger partial charge in [0.25, 0.3) is 11.8 Å². The molecule has 8 heteroatoms. The second kappa shape index (κ2) is 7.67. The van der Waals surface area contributed by atoms with E-state index >= 15 is 0 Å². The average molecular weight is 406 g/mol. The minimum absolute atomic E-state index is 0.233. The second-order valence-electron chi connectivity index (χ2n) is 6.36. The predicted octanol–water partition coefficient (Wildman–Crippen LogP) is 3.76. The highest BCUT2D eigenvalue weighted by molar-refractivity contribution is 6.39. The summed E-state index contributed by atoms with van der Waals surface area (Å²) in [4.78, 5) is 38.2. The summed E-state index contributed by atoms with van der Waals surface area (Å²) in [5.74, 6) is -0.756. The maximum Gasteiger partial charge on any atom is 0.335 e. The Labute approximate surface area is 170 Å². The molecule has 1 fully saturated rings. The summed E-state index contributed by atoms with van der Waals surface area (Å²) >= 11 is 0. The lowest BCUT2D eigenvalue weighted by molar-refractivity contribution is -0.122. The molecule has 7 nitrogen and oxygen atoms in total. The molecule has 0 radical (unpaired) electrons. The van der Waals surface area contributed by atoms with Crippen molar-refractivity contribution in [2.75, 3.05) is 12.0 Å². The Morgan fingerprint density at radius 1 is 0.967 bits per heavy atom. The summed E-state index contributed by atoms with van der Waals surface area (Å²) in [5, 5.41) is 2.15. The van der Waals surface area contributed by atoms with Gasteiger partial charge in [0.2, 0.25) is 0 Å². The molecule has 0 saturated carbocycles. The molecule has 0 spiro atoms. The fourth-order valence-electron chi connectivity index (χ4n) is 2.97. The lowest BCUT2D eigenvalue weighted by atomic mass is 10.1. The number of rotatable bonds is 4. The van der Waals surface area contributed by atoms with E-state index < -0.39 is 17.8 Å². The van der Waals surface area contributed by atoms with E-state index in [2.05, 4.69) is 5.32 Å². The maximum absolute atomic E-state index is 13.1. The molecule has 0 aliphatic carbocycles. The van der Waals surface area contributed by atoms with E-state index in [1.807, 2.05) is 0 Å². The summed E-state index contributed by atoms with van der Waals surface area (Å²) in [6, 6.07) is 14.3. The van der Waals surface area contributed by atoms with Gasteiger partial charge in [0, 0.05) is 5.56 Å². The third-order valence-corrected chi connectivity index (χ3v) is 4.47. The highest BCUT2D eigenvalue weighted by Gasteiger charge is 2.37. The van der Waals surface area contributed by atoms with Crippen LogP contribution >= 0.6 is 0 Å². The van der Waals surface area contributed by atoms with E-state index in [1.54, 1.807) is 36.4 Å². The van der Waals surface area contributed by atoms with Crippen molar-refractivity contribution < 1.29 is 27.9 Å². The summed E-state index contributed by atoms with van der Waals surface area (Å²) in [7, 11) is 1.50. The molecule has 1 saturated heterocycles. The smallest absolute Gasteiger partial charge is 0.335 e. The van der Waals surface area contributed by atoms with Gasteiger partial charge >= 0.3 is 6.03 Å². The Morgan fingerprint density at radius 3 is 2.33 bits per heavy atom. The first-order valence-electron chi connectivity index (χ1n) is 8.87. The van der Waals surface area contributed by atoms with Gasteiger partial charge in [0.05, 0.1) is 12.8 Å². The van der Waals surface area contributed by atoms with Crippen LogP contribution in [-0.4, -0.2) is 25.0 Å². The van der Waals surface area contributed by atoms with Crippen molar-refractivity contribution >= 4 is 29.6 Å². The first-order valence-corrected chi connectivity index (χ1v) is 8.87. The number of urea groups is 1. The molecule has 2 aromatic carbocycles. The Hall–Kier alpha value is -4.20. The summed E-state index contributed by atoms with van der Waals surface area (Å²) in [6.07, 6.45) is 1.26. The van der Waals surface area contributed by atoms with Crippen LogP contribution in [0.15, 0.2) is 70.7 Å². The SMILES string of the molecule is COc1ccc(N2C(=O)NC(=O)/C(=C\c3ccc(-c4ccc(F)cc4)o3)C2=O)cc1. The molecule has 0 atom stereocenters. The Kier molecular flexibility index (Phi) is 4.89. The Balaban J connectivity index is 1.65. The summed E-state index contributed by atoms with van der Waals surface area (Å²) in [5.41, 5.74) is 0.657. The van der Waals surface area contributed by atoms with E-state index in [0.717, 1.165) is 4.90 Å². The van der Waals surface area contributed by atoms with Crippen molar-refractivity contribution in [2.45, 2.75) is 0 Å². The van der Waals surface area contributed by atoms with Crippen molar-refractivity contribution in [1.29, 1.82) is 0 Å². The van der Waals surface area contributed by atoms with Crippen LogP contribution in [0.3, 0.4) is 0 Å². The van der Waals surface area contributed by atoms with Crippen molar-refractivity contribution in [3.8, 4) is 17.1 Å². The van der Waals surface area contributed by atoms with Gasteiger partial charge in [-0.15, -0.1) is 0 Å². The highest BCUT2D eigenvalue weighted by atomic mass is 19.1. The number of halogens is 1. The molecule has 2 heterocycles. The summed E-state index contributed by atoms with van der Waals surface area (Å²) < 4.78 is 23.8. The predicted molar refractivity (Wildman–Crippen MR) is 106 cm³/mol. The van der Waals surface area contributed by atoms with E-state index in [0.29, 0.717) is 17.1 Å². The number of barbiturate groups is 1. The van der Waals surface area contributed by atoms with Crippen molar-refractivity contribution in [2.24, 2.45) is 0 Å². The number of carbonyl (C=O) groups is 3. The van der Waals surface area contributed by atoms with E-state index in [-0.39, 0.29) is 22.8 Å². The molecule has 0 unspecified atom stereocenters. The quantitative estimate of drug-likeness (QED) is 0.526. The van der Waals surface area contributed by atoms with Crippen LogP contribution in [0, 0.1) is 5.82 Å². The molecule has 0 bridgehead atoms. The molecular weight excluding hydrogens is 391 g/mol. The largest absolute Gasteiger partial charge is 0.497 e. The molecule has 1 N–H and O–H groups in total. The number of hydrogen-bond acceptors (Lipinski definition) is 5. The number of ether oxygens (including phenoxy) is 1. The normalized spacial score (nSPS) is 15.5. The Morgan fingerprint density at radius 2 is 1.67 bits per heavy atom.